The van der Waals surface area contributed by atoms with E-state index in [4.69, 9.17) is 44.1 Å². The Hall–Kier alpha value is -5.45. The van der Waals surface area contributed by atoms with Crippen molar-refractivity contribution >= 4 is 46.7 Å². The highest BCUT2D eigenvalue weighted by Gasteiger charge is 2.44. The molecule has 3 heterocycles. The first kappa shape index (κ1) is 41.7. The van der Waals surface area contributed by atoms with E-state index in [1.54, 1.807) is 39.5 Å². The fourth-order valence-electron chi connectivity index (χ4n) is 6.36. The van der Waals surface area contributed by atoms with Gasteiger partial charge in [0.05, 0.1) is 32.7 Å². The summed E-state index contributed by atoms with van der Waals surface area (Å²) >= 11 is 1.88. The van der Waals surface area contributed by atoms with Gasteiger partial charge in [-0.25, -0.2) is 9.59 Å². The number of anilines is 2. The molecule has 56 heavy (non-hydrogen) atoms. The zero-order valence-corrected chi connectivity index (χ0v) is 32.6. The molecule has 4 aromatic rings. The number of benzene rings is 4. The van der Waals surface area contributed by atoms with Crippen molar-refractivity contribution in [3.8, 4) is 28.7 Å². The Morgan fingerprint density at radius 1 is 0.839 bits per heavy atom. The number of rotatable bonds is 10. The van der Waals surface area contributed by atoms with Gasteiger partial charge in [0.2, 0.25) is 0 Å². The van der Waals surface area contributed by atoms with Crippen molar-refractivity contribution in [3.05, 3.63) is 90.0 Å². The predicted octanol–water partition coefficient (Wildman–Crippen LogP) is 5.09. The van der Waals surface area contributed by atoms with E-state index in [9.17, 15) is 14.7 Å². The maximum absolute atomic E-state index is 11.0. The first-order valence-electron chi connectivity index (χ1n) is 17.5. The second-order valence-corrected chi connectivity index (χ2v) is 14.5. The molecule has 3 aliphatic heterocycles. The summed E-state index contributed by atoms with van der Waals surface area (Å²) < 4.78 is 27.5. The van der Waals surface area contributed by atoms with Gasteiger partial charge in [-0.1, -0.05) is 43.0 Å². The molecule has 0 radical (unpaired) electrons. The fraction of sp³-hybridized carbons (Fsp3) is 0.317. The Morgan fingerprint density at radius 3 is 1.95 bits per heavy atom. The molecule has 0 fully saturated rings. The number of methoxy groups -OCH3 is 3. The predicted molar refractivity (Wildman–Crippen MR) is 210 cm³/mol. The molecular formula is C41H46N2O12S. The van der Waals surface area contributed by atoms with Crippen molar-refractivity contribution in [1.29, 1.82) is 0 Å². The summed E-state index contributed by atoms with van der Waals surface area (Å²) in [7, 11) is 9.00. The standard InChI is InChI=1S/C19H18O6.C18H22N2S.C4H6O6/c1-21-12-5-4-11-6-14-13-8-17(22-2)18(23-3)9-16(13)24-10-19(14,20)25-15(11)7-12;1-14(12-19(2)3)13-20-15-8-4-6-10-17(15)21-18-11-7-5-9-16(18)20;5-1(3(7)8)2(6)4(9)10/h4-9,20H,10H2,1-3H3;4-11,14H,12-13H2,1-3H3;1-2,5-6H,(H,7,8)(H,9,10). The van der Waals surface area contributed by atoms with Gasteiger partial charge in [0.1, 0.15) is 17.2 Å². The molecule has 3 aliphatic rings. The Bertz CT molecular complexity index is 2010. The molecule has 298 valence electrons. The third-order valence-corrected chi connectivity index (χ3v) is 10.1. The molecule has 0 amide bonds. The number of carboxylic acid groups (broad SMARTS) is 2. The molecule has 4 unspecified atom stereocenters. The average Bonchev–Trinajstić information content (AvgIpc) is 3.18. The van der Waals surface area contributed by atoms with E-state index < -0.39 is 29.9 Å². The first-order chi connectivity index (χ1) is 26.7. The van der Waals surface area contributed by atoms with Crippen LogP contribution in [0.15, 0.2) is 88.7 Å². The van der Waals surface area contributed by atoms with Gasteiger partial charge >= 0.3 is 11.9 Å². The maximum atomic E-state index is 11.0. The van der Waals surface area contributed by atoms with Gasteiger partial charge < -0.3 is 59.0 Å². The number of carbonyl (C=O) groups is 2. The summed E-state index contributed by atoms with van der Waals surface area (Å²) in [5.74, 6) is -1.58. The highest BCUT2D eigenvalue weighted by Crippen LogP contribution is 2.50. The van der Waals surface area contributed by atoms with Gasteiger partial charge in [-0.05, 0) is 68.6 Å². The van der Waals surface area contributed by atoms with E-state index in [2.05, 4.69) is 79.3 Å². The molecule has 0 saturated carbocycles. The van der Waals surface area contributed by atoms with Gasteiger partial charge in [-0.3, -0.25) is 0 Å². The Balaban J connectivity index is 0.000000176. The molecule has 14 nitrogen and oxygen atoms in total. The number of fused-ring (bicyclic) bond motifs is 6. The van der Waals surface area contributed by atoms with E-state index in [0.717, 1.165) is 18.7 Å². The van der Waals surface area contributed by atoms with E-state index in [-0.39, 0.29) is 6.61 Å². The largest absolute Gasteiger partial charge is 0.497 e. The highest BCUT2D eigenvalue weighted by atomic mass is 32.2. The van der Waals surface area contributed by atoms with Crippen LogP contribution in [0, 0.1) is 5.92 Å². The minimum atomic E-state index is -2.27. The van der Waals surface area contributed by atoms with Gasteiger partial charge in [0.25, 0.3) is 5.79 Å². The number of hydrogen-bond donors (Lipinski definition) is 5. The van der Waals surface area contributed by atoms with Gasteiger partial charge in [-0.15, -0.1) is 0 Å². The van der Waals surface area contributed by atoms with E-state index in [1.165, 1.54) is 21.2 Å². The van der Waals surface area contributed by atoms with Crippen LogP contribution in [0.3, 0.4) is 0 Å². The topological polar surface area (TPSA) is 188 Å². The SMILES string of the molecule is CC(CN(C)C)CN1c2ccccc2Sc2ccccc21.COc1ccc2c(c1)OC1(O)COc3cc(OC)c(OC)cc3C1=C2.O=C(O)C(O)C(O)C(=O)O. The molecule has 5 N–H and O–H groups in total. The van der Waals surface area contributed by atoms with E-state index >= 15 is 0 Å². The van der Waals surface area contributed by atoms with Crippen molar-refractivity contribution in [2.45, 2.75) is 34.7 Å². The zero-order chi connectivity index (χ0) is 40.7. The van der Waals surface area contributed by atoms with Crippen LogP contribution in [0.4, 0.5) is 11.4 Å². The van der Waals surface area contributed by atoms with Crippen molar-refractivity contribution in [3.63, 3.8) is 0 Å². The van der Waals surface area contributed by atoms with Crippen molar-refractivity contribution in [2.24, 2.45) is 5.92 Å². The summed E-state index contributed by atoms with van der Waals surface area (Å²) in [5, 5.41) is 43.5. The molecule has 0 aromatic heterocycles. The Morgan fingerprint density at radius 2 is 1.41 bits per heavy atom. The molecule has 4 atom stereocenters. The third kappa shape index (κ3) is 9.32. The summed E-state index contributed by atoms with van der Waals surface area (Å²) in [6.45, 7) is 4.45. The Labute approximate surface area is 329 Å². The molecular weight excluding hydrogens is 745 g/mol. The lowest BCUT2D eigenvalue weighted by atomic mass is 9.90. The minimum Gasteiger partial charge on any atom is -0.497 e. The number of para-hydroxylation sites is 2. The lowest BCUT2D eigenvalue weighted by Crippen LogP contribution is -2.47. The number of nitrogens with zero attached hydrogens (tertiary/aromatic N) is 2. The number of aliphatic hydroxyl groups excluding tert-OH is 2. The summed E-state index contributed by atoms with van der Waals surface area (Å²) in [6, 6.07) is 26.4. The molecule has 4 aromatic carbocycles. The van der Waals surface area contributed by atoms with Crippen LogP contribution >= 0.6 is 11.8 Å². The van der Waals surface area contributed by atoms with E-state index in [1.807, 2.05) is 30.0 Å². The van der Waals surface area contributed by atoms with Crippen LogP contribution in [0.1, 0.15) is 18.1 Å². The molecule has 0 aliphatic carbocycles. The number of aliphatic hydroxyl groups is 3. The fourth-order valence-corrected chi connectivity index (χ4v) is 7.45. The van der Waals surface area contributed by atoms with Gasteiger partial charge in [0, 0.05) is 51.7 Å². The van der Waals surface area contributed by atoms with Crippen LogP contribution in [0.25, 0.3) is 11.6 Å². The van der Waals surface area contributed by atoms with Crippen LogP contribution in [-0.2, 0) is 9.59 Å². The molecule has 7 rings (SSSR count). The van der Waals surface area contributed by atoms with E-state index in [0.29, 0.717) is 45.8 Å². The average molecular weight is 791 g/mol. The molecule has 15 heteroatoms. The van der Waals surface area contributed by atoms with Crippen LogP contribution in [0.5, 0.6) is 28.7 Å². The van der Waals surface area contributed by atoms with Crippen LogP contribution in [0.2, 0.25) is 0 Å². The summed E-state index contributed by atoms with van der Waals surface area (Å²) in [4.78, 5) is 27.0. The second kappa shape index (κ2) is 18.0. The summed E-state index contributed by atoms with van der Waals surface area (Å²) in [5.41, 5.74) is 4.85. The number of hydrogen-bond acceptors (Lipinski definition) is 13. The first-order valence-corrected chi connectivity index (χ1v) is 18.3. The number of carboxylic acids is 2. The lowest BCUT2D eigenvalue weighted by molar-refractivity contribution is -0.165. The number of ether oxygens (including phenoxy) is 5. The van der Waals surface area contributed by atoms with Gasteiger partial charge in [0.15, 0.2) is 30.3 Å². The van der Waals surface area contributed by atoms with Crippen LogP contribution < -0.4 is 28.6 Å². The minimum absolute atomic E-state index is 0.0298. The number of aliphatic carboxylic acids is 2. The van der Waals surface area contributed by atoms with Crippen LogP contribution in [-0.4, -0.2) is 115 Å². The summed E-state index contributed by atoms with van der Waals surface area (Å²) in [6.07, 6.45) is -2.64. The molecule has 0 bridgehead atoms. The Kier molecular flexibility index (Phi) is 13.4. The zero-order valence-electron chi connectivity index (χ0n) is 31.8. The quantitative estimate of drug-likeness (QED) is 0.143. The van der Waals surface area contributed by atoms with Gasteiger partial charge in [-0.2, -0.15) is 0 Å². The smallest absolute Gasteiger partial charge is 0.335 e. The van der Waals surface area contributed by atoms with Crippen molar-refractivity contribution in [1.82, 2.24) is 4.90 Å². The lowest BCUT2D eigenvalue weighted by Gasteiger charge is -2.39. The maximum Gasteiger partial charge on any atom is 0.335 e. The second-order valence-electron chi connectivity index (χ2n) is 13.4. The molecule has 0 spiro atoms. The van der Waals surface area contributed by atoms with Crippen molar-refractivity contribution < 1.29 is 58.8 Å². The third-order valence-electron chi connectivity index (χ3n) is 8.93. The molecule has 0 saturated heterocycles. The normalized spacial score (nSPS) is 17.3. The van der Waals surface area contributed by atoms with Crippen molar-refractivity contribution in [2.75, 3.05) is 60.0 Å². The monoisotopic (exact) mass is 790 g/mol. The highest BCUT2D eigenvalue weighted by molar-refractivity contribution is 7.99.